The van der Waals surface area contributed by atoms with Crippen molar-refractivity contribution in [2.45, 2.75) is 13.5 Å². The highest BCUT2D eigenvalue weighted by Crippen LogP contribution is 2.15. The number of aryl methyl sites for hydroxylation is 1. The molecule has 0 atom stereocenters. The number of H-pyrrole nitrogens is 1. The van der Waals surface area contributed by atoms with Crippen LogP contribution in [0.5, 0.6) is 0 Å². The van der Waals surface area contributed by atoms with Crippen LogP contribution in [0.2, 0.25) is 0 Å². The van der Waals surface area contributed by atoms with E-state index >= 15 is 0 Å². The fourth-order valence-electron chi connectivity index (χ4n) is 2.57. The van der Waals surface area contributed by atoms with Crippen molar-refractivity contribution in [3.05, 3.63) is 65.8 Å². The van der Waals surface area contributed by atoms with Gasteiger partial charge in [0.2, 0.25) is 11.7 Å². The molecule has 0 bridgehead atoms. The Balaban J connectivity index is 1.45. The van der Waals surface area contributed by atoms with Gasteiger partial charge in [-0.2, -0.15) is 4.98 Å². The second-order valence-electron chi connectivity index (χ2n) is 5.61. The number of aromatic nitrogens is 4. The minimum atomic E-state index is -0.214. The summed E-state index contributed by atoms with van der Waals surface area (Å²) in [5.74, 6) is 1.45. The molecule has 0 spiro atoms. The summed E-state index contributed by atoms with van der Waals surface area (Å²) in [7, 11) is 0. The molecule has 4 rings (SSSR count). The first-order valence-electron chi connectivity index (χ1n) is 7.81. The van der Waals surface area contributed by atoms with Crippen LogP contribution in [0, 0.1) is 6.92 Å². The molecule has 7 heteroatoms. The minimum Gasteiger partial charge on any atom is -0.343 e. The maximum atomic E-state index is 12.3. The fourth-order valence-corrected chi connectivity index (χ4v) is 2.57. The zero-order valence-electron chi connectivity index (χ0n) is 13.5. The van der Waals surface area contributed by atoms with Gasteiger partial charge in [-0.05, 0) is 25.1 Å². The number of carbonyl (C=O) groups is 1. The second kappa shape index (κ2) is 6.20. The summed E-state index contributed by atoms with van der Waals surface area (Å²) in [6.07, 6.45) is 0. The first-order chi connectivity index (χ1) is 12.2. The van der Waals surface area contributed by atoms with Crippen molar-refractivity contribution < 1.29 is 9.32 Å². The lowest BCUT2D eigenvalue weighted by atomic mass is 10.2. The predicted molar refractivity (Wildman–Crippen MR) is 91.7 cm³/mol. The Bertz CT molecular complexity index is 1040. The molecule has 0 aliphatic carbocycles. The Morgan fingerprint density at radius 3 is 2.84 bits per heavy atom. The highest BCUT2D eigenvalue weighted by atomic mass is 16.5. The van der Waals surface area contributed by atoms with Gasteiger partial charge in [-0.15, -0.1) is 0 Å². The van der Waals surface area contributed by atoms with Crippen LogP contribution in [0.4, 0.5) is 0 Å². The van der Waals surface area contributed by atoms with Crippen LogP contribution < -0.4 is 5.32 Å². The lowest BCUT2D eigenvalue weighted by molar-refractivity contribution is 0.0946. The molecule has 0 saturated carbocycles. The van der Waals surface area contributed by atoms with Crippen molar-refractivity contribution in [1.29, 1.82) is 0 Å². The molecule has 4 aromatic rings. The average molecular weight is 333 g/mol. The Kier molecular flexibility index (Phi) is 3.74. The fraction of sp³-hybridized carbons (Fsp3) is 0.111. The van der Waals surface area contributed by atoms with Gasteiger partial charge in [0.05, 0.1) is 17.6 Å². The number of imidazole rings is 1. The normalized spacial score (nSPS) is 10.9. The molecule has 1 amide bonds. The monoisotopic (exact) mass is 333 g/mol. The summed E-state index contributed by atoms with van der Waals surface area (Å²) in [6, 6.07) is 14.8. The van der Waals surface area contributed by atoms with Crippen molar-refractivity contribution in [2.24, 2.45) is 0 Å². The number of amides is 1. The zero-order valence-corrected chi connectivity index (χ0v) is 13.5. The molecule has 0 radical (unpaired) electrons. The Morgan fingerprint density at radius 1 is 1.16 bits per heavy atom. The molecule has 2 aromatic carbocycles. The van der Waals surface area contributed by atoms with E-state index in [0.29, 0.717) is 17.3 Å². The van der Waals surface area contributed by atoms with Gasteiger partial charge in [-0.25, -0.2) is 4.98 Å². The van der Waals surface area contributed by atoms with E-state index in [1.54, 1.807) is 12.1 Å². The quantitative estimate of drug-likeness (QED) is 0.598. The Hall–Kier alpha value is -3.48. The number of benzene rings is 2. The summed E-state index contributed by atoms with van der Waals surface area (Å²) < 4.78 is 5.19. The summed E-state index contributed by atoms with van der Waals surface area (Å²) in [5, 5.41) is 6.71. The standard InChI is InChI=1S/C18H15N5O2/c1-11-20-14-8-7-13(9-15(14)21-11)18(24)19-10-16-22-17(23-25-16)12-5-3-2-4-6-12/h2-9H,10H2,1H3,(H,19,24)(H,20,21). The maximum Gasteiger partial charge on any atom is 0.251 e. The van der Waals surface area contributed by atoms with Crippen LogP contribution in [0.25, 0.3) is 22.4 Å². The van der Waals surface area contributed by atoms with Crippen LogP contribution >= 0.6 is 0 Å². The molecule has 0 unspecified atom stereocenters. The average Bonchev–Trinajstić information content (AvgIpc) is 3.25. The number of hydrogen-bond donors (Lipinski definition) is 2. The van der Waals surface area contributed by atoms with Crippen LogP contribution in [-0.4, -0.2) is 26.0 Å². The molecule has 25 heavy (non-hydrogen) atoms. The minimum absolute atomic E-state index is 0.165. The van der Waals surface area contributed by atoms with Crippen LogP contribution in [0.15, 0.2) is 53.1 Å². The number of nitrogens with one attached hydrogen (secondary N) is 2. The van der Waals surface area contributed by atoms with E-state index in [4.69, 9.17) is 4.52 Å². The summed E-state index contributed by atoms with van der Waals surface area (Å²) in [5.41, 5.74) is 3.07. The molecule has 2 heterocycles. The molecule has 0 fully saturated rings. The molecular weight excluding hydrogens is 318 g/mol. The van der Waals surface area contributed by atoms with Crippen LogP contribution in [0.3, 0.4) is 0 Å². The number of rotatable bonds is 4. The molecule has 2 N–H and O–H groups in total. The Morgan fingerprint density at radius 2 is 2.00 bits per heavy atom. The van der Waals surface area contributed by atoms with Crippen molar-refractivity contribution in [1.82, 2.24) is 25.4 Å². The number of hydrogen-bond acceptors (Lipinski definition) is 5. The largest absolute Gasteiger partial charge is 0.343 e. The highest BCUT2D eigenvalue weighted by molar-refractivity contribution is 5.97. The van der Waals surface area contributed by atoms with Crippen molar-refractivity contribution in [2.75, 3.05) is 0 Å². The predicted octanol–water partition coefficient (Wildman–Crippen LogP) is 2.85. The van der Waals surface area contributed by atoms with Crippen molar-refractivity contribution in [3.8, 4) is 11.4 Å². The molecule has 7 nitrogen and oxygen atoms in total. The van der Waals surface area contributed by atoms with Gasteiger partial charge < -0.3 is 14.8 Å². The second-order valence-corrected chi connectivity index (χ2v) is 5.61. The lowest BCUT2D eigenvalue weighted by Gasteiger charge is -2.02. The number of fused-ring (bicyclic) bond motifs is 1. The highest BCUT2D eigenvalue weighted by Gasteiger charge is 2.12. The van der Waals surface area contributed by atoms with Crippen molar-refractivity contribution >= 4 is 16.9 Å². The van der Waals surface area contributed by atoms with E-state index in [2.05, 4.69) is 25.4 Å². The van der Waals surface area contributed by atoms with Gasteiger partial charge >= 0.3 is 0 Å². The third-order valence-corrected chi connectivity index (χ3v) is 3.76. The van der Waals surface area contributed by atoms with Gasteiger partial charge in [-0.3, -0.25) is 4.79 Å². The van der Waals surface area contributed by atoms with Gasteiger partial charge in [0.25, 0.3) is 5.91 Å². The first-order valence-corrected chi connectivity index (χ1v) is 7.81. The van der Waals surface area contributed by atoms with E-state index < -0.39 is 0 Å². The number of nitrogens with zero attached hydrogens (tertiary/aromatic N) is 3. The SMILES string of the molecule is Cc1nc2ccc(C(=O)NCc3nc(-c4ccccc4)no3)cc2[nH]1. The molecular formula is C18H15N5O2. The number of aromatic amines is 1. The van der Waals surface area contributed by atoms with Crippen molar-refractivity contribution in [3.63, 3.8) is 0 Å². The Labute approximate surface area is 143 Å². The molecule has 2 aromatic heterocycles. The van der Waals surface area contributed by atoms with E-state index in [1.165, 1.54) is 0 Å². The van der Waals surface area contributed by atoms with Crippen LogP contribution in [-0.2, 0) is 6.54 Å². The molecule has 0 aliphatic rings. The number of carbonyl (C=O) groups excluding carboxylic acids is 1. The molecule has 0 saturated heterocycles. The molecule has 124 valence electrons. The van der Waals surface area contributed by atoms with E-state index in [9.17, 15) is 4.79 Å². The smallest absolute Gasteiger partial charge is 0.251 e. The van der Waals surface area contributed by atoms with Gasteiger partial charge in [-0.1, -0.05) is 35.5 Å². The topological polar surface area (TPSA) is 96.7 Å². The van der Waals surface area contributed by atoms with Crippen LogP contribution in [0.1, 0.15) is 22.1 Å². The van der Waals surface area contributed by atoms with E-state index in [-0.39, 0.29) is 12.5 Å². The zero-order chi connectivity index (χ0) is 17.2. The maximum absolute atomic E-state index is 12.3. The first kappa shape index (κ1) is 15.1. The third-order valence-electron chi connectivity index (χ3n) is 3.76. The lowest BCUT2D eigenvalue weighted by Crippen LogP contribution is -2.22. The van der Waals surface area contributed by atoms with Gasteiger partial charge in [0, 0.05) is 11.1 Å². The van der Waals surface area contributed by atoms with E-state index in [0.717, 1.165) is 22.4 Å². The summed E-state index contributed by atoms with van der Waals surface area (Å²) in [6.45, 7) is 2.04. The molecule has 0 aliphatic heterocycles. The van der Waals surface area contributed by atoms with Gasteiger partial charge in [0.15, 0.2) is 0 Å². The van der Waals surface area contributed by atoms with Gasteiger partial charge in [0.1, 0.15) is 5.82 Å². The summed E-state index contributed by atoms with van der Waals surface area (Å²) >= 11 is 0. The summed E-state index contributed by atoms with van der Waals surface area (Å²) in [4.78, 5) is 24.0. The van der Waals surface area contributed by atoms with E-state index in [1.807, 2.05) is 43.3 Å². The third kappa shape index (κ3) is 3.12.